The van der Waals surface area contributed by atoms with E-state index in [2.05, 4.69) is 70.1 Å². The lowest BCUT2D eigenvalue weighted by molar-refractivity contribution is -0.143. The second-order valence-corrected chi connectivity index (χ2v) is 23.9. The molecule has 2 heterocycles. The fourth-order valence-electron chi connectivity index (χ4n) is 8.07. The molecule has 0 radical (unpaired) electrons. The van der Waals surface area contributed by atoms with Crippen LogP contribution in [-0.2, 0) is 78.3 Å². The van der Waals surface area contributed by atoms with Gasteiger partial charge in [0.1, 0.15) is 78.5 Å². The van der Waals surface area contributed by atoms with Gasteiger partial charge in [-0.25, -0.2) is 4.79 Å². The van der Waals surface area contributed by atoms with Crippen molar-refractivity contribution in [1.82, 2.24) is 63.4 Å². The largest absolute Gasteiger partial charge is 0.508 e. The third-order valence-electron chi connectivity index (χ3n) is 13.0. The minimum absolute atomic E-state index is 0.0546. The highest BCUT2D eigenvalue weighted by Gasteiger charge is 2.40. The van der Waals surface area contributed by atoms with Crippen molar-refractivity contribution in [2.24, 2.45) is 5.73 Å². The monoisotopic (exact) mass is 1290 g/mol. The van der Waals surface area contributed by atoms with E-state index in [1.54, 1.807) is 0 Å². The third-order valence-corrected chi connectivity index (χ3v) is 16.4. The Morgan fingerprint density at radius 3 is 1.93 bits per heavy atom. The summed E-state index contributed by atoms with van der Waals surface area (Å²) in [6.45, 7) is 5.36. The number of amides is 12. The first kappa shape index (κ1) is 72.8. The molecule has 3 rings (SSSR count). The van der Waals surface area contributed by atoms with Gasteiger partial charge < -0.3 is 94.3 Å². The van der Waals surface area contributed by atoms with Crippen LogP contribution >= 0.6 is 44.0 Å². The number of aldehydes is 1. The number of rotatable bonds is 24. The molecule has 0 unspecified atom stereocenters. The maximum absolute atomic E-state index is 14.2. The molecule has 2 aliphatic heterocycles. The standard InChI is InChI=1S/C50H73N13O19S4/c1-22(39(70)53-25(4)42(73)62-38(26(5)65)48(79)52-18-36(67)57-34(20-84-83)50(81)82)56-47(78)35-7-6-15-63(35)49(80)31(14-16-64)59-46(77)33-21-86-85-19-29(51)43(74)54-23(2)40(71)58-30(12-13-37(68)69)44(75)60-32(17-27-8-10-28(66)11-9-27)45(76)55-24(3)41(72)61-33/h8-11,16,22-26,29-35,38,65-66,83H,6-7,12-15,17-21,51H2,1-5H3,(H,52,79)(H,53,70)(H,54,74)(H,55,76)(H,56,78)(H,57,67)(H,58,71)(H,59,77)(H,60,75)(H,61,72)(H,62,73)(H,68,69)(H,81,82)/t22-,23-,24-,25-,26-,29-,30-,31-,32-,33-,34-,35-,38-/m0/s1. The first-order valence-corrected chi connectivity index (χ1v) is 31.2. The number of nitrogens with two attached hydrogens (primary N) is 1. The van der Waals surface area contributed by atoms with E-state index < -0.39 is 187 Å². The SMILES string of the molecule is C[C@H](NC(=O)[C@H](C)NC(=O)[C@@H]1CCCN1C(=O)[C@H](CC=O)NC(=O)[C@@H]1CSSC[C@H](N)C(=O)N[C@@H](C)C(=O)N[C@@H](CCC(=O)O)C(=O)N[C@@H](Cc2ccc(O)cc2)C(=O)N[C@@H](C)C(=O)N1)C(=O)N[C@H](C(=O)NCC(=O)N[C@@H](CSS)C(=O)O)[C@H](C)O. The molecule has 1 aromatic rings. The molecule has 2 aliphatic rings. The normalized spacial score (nSPS) is 23.0. The fraction of sp³-hybridized carbons (Fsp3) is 0.580. The molecule has 36 heteroatoms. The molecule has 13 atom stereocenters. The summed E-state index contributed by atoms with van der Waals surface area (Å²) in [5, 5.41) is 64.9. The fourth-order valence-corrected chi connectivity index (χ4v) is 11.2. The molecule has 0 spiro atoms. The van der Waals surface area contributed by atoms with E-state index in [0.29, 0.717) is 11.8 Å². The molecule has 1 aromatic carbocycles. The number of aliphatic carboxylic acids is 2. The third kappa shape index (κ3) is 23.8. The highest BCUT2D eigenvalue weighted by Crippen LogP contribution is 2.24. The van der Waals surface area contributed by atoms with Crippen LogP contribution < -0.4 is 64.2 Å². The van der Waals surface area contributed by atoms with Crippen molar-refractivity contribution in [3.05, 3.63) is 29.8 Å². The van der Waals surface area contributed by atoms with Crippen molar-refractivity contribution in [3.8, 4) is 5.75 Å². The predicted octanol–water partition coefficient (Wildman–Crippen LogP) is -5.81. The lowest BCUT2D eigenvalue weighted by Gasteiger charge is -2.30. The topological polar surface area (TPSA) is 499 Å². The number of hydrogen-bond donors (Lipinski definition) is 17. The summed E-state index contributed by atoms with van der Waals surface area (Å²) in [5.41, 5.74) is 6.51. The molecule has 17 N–H and O–H groups in total. The lowest BCUT2D eigenvalue weighted by atomic mass is 10.0. The molecule has 476 valence electrons. The van der Waals surface area contributed by atoms with Crippen LogP contribution in [0.1, 0.15) is 72.3 Å². The van der Waals surface area contributed by atoms with Gasteiger partial charge in [-0.05, 0) is 71.6 Å². The number of hydrogen-bond acceptors (Lipinski definition) is 22. The number of phenols is 1. The summed E-state index contributed by atoms with van der Waals surface area (Å²) in [6, 6.07) is -11.9. The Morgan fingerprint density at radius 1 is 0.744 bits per heavy atom. The smallest absolute Gasteiger partial charge is 0.327 e. The number of nitrogens with zero attached hydrogens (tertiary/aromatic N) is 1. The van der Waals surface area contributed by atoms with E-state index in [0.717, 1.165) is 44.2 Å². The maximum atomic E-state index is 14.2. The van der Waals surface area contributed by atoms with Gasteiger partial charge in [0.2, 0.25) is 70.9 Å². The molecule has 0 bridgehead atoms. The number of carboxylic acids is 2. The second kappa shape index (κ2) is 35.9. The van der Waals surface area contributed by atoms with E-state index in [-0.39, 0.29) is 48.8 Å². The number of aliphatic hydroxyl groups excluding tert-OH is 1. The first-order valence-electron chi connectivity index (χ1n) is 26.7. The maximum Gasteiger partial charge on any atom is 0.327 e. The number of aliphatic hydroxyl groups is 1. The second-order valence-electron chi connectivity index (χ2n) is 19.9. The molecule has 32 nitrogen and oxygen atoms in total. The number of carbonyl (C=O) groups is 15. The first-order chi connectivity index (χ1) is 40.5. The van der Waals surface area contributed by atoms with Crippen LogP contribution in [0.3, 0.4) is 0 Å². The number of thiol groups is 1. The summed E-state index contributed by atoms with van der Waals surface area (Å²) in [7, 11) is 2.75. The molecule has 86 heavy (non-hydrogen) atoms. The van der Waals surface area contributed by atoms with Gasteiger partial charge in [0, 0.05) is 43.1 Å². The summed E-state index contributed by atoms with van der Waals surface area (Å²) in [4.78, 5) is 198. The molecule has 0 saturated carbocycles. The molecular weight excluding hydrogens is 1210 g/mol. The zero-order chi connectivity index (χ0) is 64.5. The van der Waals surface area contributed by atoms with Crippen molar-refractivity contribution < 1.29 is 92.3 Å². The number of aromatic hydroxyl groups is 1. The van der Waals surface area contributed by atoms with Crippen molar-refractivity contribution in [3.63, 3.8) is 0 Å². The average Bonchev–Trinajstić information content (AvgIpc) is 2.77. The molecule has 0 aliphatic carbocycles. The van der Waals surface area contributed by atoms with Crippen molar-refractivity contribution in [1.29, 1.82) is 0 Å². The Bertz CT molecular complexity index is 2660. The van der Waals surface area contributed by atoms with E-state index in [1.165, 1.54) is 52.0 Å². The van der Waals surface area contributed by atoms with Gasteiger partial charge in [-0.2, -0.15) is 0 Å². The number of carbonyl (C=O) groups excluding carboxylic acids is 13. The van der Waals surface area contributed by atoms with E-state index in [4.69, 9.17) is 5.73 Å². The zero-order valence-corrected chi connectivity index (χ0v) is 50.6. The lowest BCUT2D eigenvalue weighted by Crippen LogP contribution is -2.60. The van der Waals surface area contributed by atoms with Crippen LogP contribution in [0, 0.1) is 0 Å². The number of carboxylic acid groups (broad SMARTS) is 2. The van der Waals surface area contributed by atoms with Crippen LogP contribution in [0.15, 0.2) is 24.3 Å². The van der Waals surface area contributed by atoms with Crippen LogP contribution in [0.5, 0.6) is 5.75 Å². The van der Waals surface area contributed by atoms with Gasteiger partial charge in [-0.1, -0.05) is 44.5 Å². The Labute approximate surface area is 510 Å². The van der Waals surface area contributed by atoms with Gasteiger partial charge in [0.05, 0.1) is 18.7 Å². The summed E-state index contributed by atoms with van der Waals surface area (Å²) >= 11 is 3.86. The summed E-state index contributed by atoms with van der Waals surface area (Å²) in [5.74, 6) is -14.6. The van der Waals surface area contributed by atoms with E-state index >= 15 is 0 Å². The summed E-state index contributed by atoms with van der Waals surface area (Å²) < 4.78 is 0. The average molecular weight is 1290 g/mol. The van der Waals surface area contributed by atoms with Gasteiger partial charge in [0.25, 0.3) is 0 Å². The van der Waals surface area contributed by atoms with Crippen LogP contribution in [0.25, 0.3) is 0 Å². The van der Waals surface area contributed by atoms with Crippen LogP contribution in [0.4, 0.5) is 0 Å². The molecule has 0 aromatic heterocycles. The molecular formula is C50H73N13O19S4. The quantitative estimate of drug-likeness (QED) is 0.0260. The minimum Gasteiger partial charge on any atom is -0.508 e. The Balaban J connectivity index is 1.78. The van der Waals surface area contributed by atoms with Crippen molar-refractivity contribution >= 4 is 133 Å². The number of likely N-dealkylation sites (tertiary alicyclic amines) is 1. The Kier molecular flexibility index (Phi) is 30.4. The van der Waals surface area contributed by atoms with Crippen molar-refractivity contribution in [2.45, 2.75) is 152 Å². The van der Waals surface area contributed by atoms with Crippen LogP contribution in [-0.4, -0.2) is 223 Å². The van der Waals surface area contributed by atoms with Crippen molar-refractivity contribution in [2.75, 3.05) is 30.3 Å². The van der Waals surface area contributed by atoms with Gasteiger partial charge >= 0.3 is 11.9 Å². The zero-order valence-electron chi connectivity index (χ0n) is 47.3. The summed E-state index contributed by atoms with van der Waals surface area (Å²) in [6.07, 6.45) is -2.87. The number of nitrogens with one attached hydrogen (secondary N) is 11. The molecule has 2 saturated heterocycles. The number of phenolic OH excluding ortho intramolecular Hbond substituents is 1. The highest BCUT2D eigenvalue weighted by atomic mass is 33.1. The number of benzene rings is 1. The Hall–Kier alpha value is -7.41. The van der Waals surface area contributed by atoms with Crippen LogP contribution in [0.2, 0.25) is 0 Å². The van der Waals surface area contributed by atoms with E-state index in [9.17, 15) is 92.3 Å². The van der Waals surface area contributed by atoms with Gasteiger partial charge in [-0.3, -0.25) is 62.3 Å². The van der Waals surface area contributed by atoms with Gasteiger partial charge in [0.15, 0.2) is 0 Å². The minimum atomic E-state index is -1.66. The highest BCUT2D eigenvalue weighted by molar-refractivity contribution is 8.76. The predicted molar refractivity (Wildman–Crippen MR) is 313 cm³/mol. The molecule has 2 fully saturated rings. The van der Waals surface area contributed by atoms with Gasteiger partial charge in [-0.15, -0.1) is 11.7 Å². The Morgan fingerprint density at radius 2 is 1.33 bits per heavy atom. The molecule has 12 amide bonds. The van der Waals surface area contributed by atoms with E-state index in [1.807, 2.05) is 0 Å².